The molecule has 0 spiro atoms. The van der Waals surface area contributed by atoms with Crippen molar-refractivity contribution >= 4 is 0 Å². The lowest BCUT2D eigenvalue weighted by molar-refractivity contribution is 0.198. The molecule has 0 saturated carbocycles. The second-order valence-corrected chi connectivity index (χ2v) is 5.08. The smallest absolute Gasteiger partial charge is 0.264 e. The van der Waals surface area contributed by atoms with Crippen LogP contribution in [0.3, 0.4) is 0 Å². The van der Waals surface area contributed by atoms with Crippen molar-refractivity contribution in [1.29, 1.82) is 0 Å². The number of aliphatic hydroxyl groups excluding tert-OH is 1. The molecule has 21 heavy (non-hydrogen) atoms. The van der Waals surface area contributed by atoms with E-state index in [4.69, 9.17) is 14.0 Å². The molecule has 2 rings (SSSR count). The summed E-state index contributed by atoms with van der Waals surface area (Å²) in [6.45, 7) is 5.85. The second-order valence-electron chi connectivity index (χ2n) is 5.08. The van der Waals surface area contributed by atoms with Gasteiger partial charge in [-0.3, -0.25) is 0 Å². The first-order valence-electron chi connectivity index (χ1n) is 6.82. The van der Waals surface area contributed by atoms with Crippen molar-refractivity contribution in [2.24, 2.45) is 0 Å². The molecule has 0 amide bonds. The highest BCUT2D eigenvalue weighted by Gasteiger charge is 2.12. The summed E-state index contributed by atoms with van der Waals surface area (Å²) < 4.78 is 16.0. The quantitative estimate of drug-likeness (QED) is 0.882. The molecule has 1 atom stereocenters. The second kappa shape index (κ2) is 6.58. The summed E-state index contributed by atoms with van der Waals surface area (Å²) in [5, 5.41) is 13.4. The lowest BCUT2D eigenvalue weighted by Crippen LogP contribution is -2.00. The van der Waals surface area contributed by atoms with Crippen LogP contribution in [0.1, 0.15) is 50.1 Å². The number of nitrogens with zero attached hydrogens (tertiary/aromatic N) is 2. The average molecular weight is 292 g/mol. The van der Waals surface area contributed by atoms with E-state index in [0.29, 0.717) is 23.2 Å². The van der Waals surface area contributed by atoms with Crippen molar-refractivity contribution in [1.82, 2.24) is 10.1 Å². The summed E-state index contributed by atoms with van der Waals surface area (Å²) in [4.78, 5) is 4.24. The van der Waals surface area contributed by atoms with E-state index in [1.54, 1.807) is 32.2 Å². The Hall–Kier alpha value is -2.08. The van der Waals surface area contributed by atoms with Gasteiger partial charge in [0.05, 0.1) is 13.2 Å². The number of hydrogen-bond acceptors (Lipinski definition) is 6. The highest BCUT2D eigenvalue weighted by Crippen LogP contribution is 2.30. The van der Waals surface area contributed by atoms with Gasteiger partial charge in [0.15, 0.2) is 23.9 Å². The van der Waals surface area contributed by atoms with Crippen LogP contribution in [0.4, 0.5) is 0 Å². The lowest BCUT2D eigenvalue weighted by atomic mass is 10.1. The summed E-state index contributed by atoms with van der Waals surface area (Å²) in [5.74, 6) is 2.40. The van der Waals surface area contributed by atoms with Gasteiger partial charge in [-0.2, -0.15) is 4.98 Å². The Balaban J connectivity index is 2.08. The molecule has 0 aliphatic carbocycles. The van der Waals surface area contributed by atoms with Crippen LogP contribution in [0, 0.1) is 0 Å². The van der Waals surface area contributed by atoms with Gasteiger partial charge in [0, 0.05) is 5.92 Å². The molecule has 0 saturated heterocycles. The normalized spacial score (nSPS) is 12.5. The van der Waals surface area contributed by atoms with E-state index in [-0.39, 0.29) is 12.5 Å². The molecule has 0 aliphatic rings. The fourth-order valence-corrected chi connectivity index (χ4v) is 1.76. The number of aromatic nitrogens is 2. The van der Waals surface area contributed by atoms with Crippen LogP contribution in [0.2, 0.25) is 0 Å². The predicted molar refractivity (Wildman–Crippen MR) is 76.3 cm³/mol. The van der Waals surface area contributed by atoms with Crippen molar-refractivity contribution in [3.05, 3.63) is 35.5 Å². The summed E-state index contributed by atoms with van der Waals surface area (Å²) in [7, 11) is 1.55. The van der Waals surface area contributed by atoms with Crippen LogP contribution in [-0.4, -0.2) is 22.4 Å². The third-order valence-electron chi connectivity index (χ3n) is 3.02. The molecular weight excluding hydrogens is 272 g/mol. The molecule has 0 radical (unpaired) electrons. The minimum Gasteiger partial charge on any atom is -0.493 e. The van der Waals surface area contributed by atoms with Crippen LogP contribution < -0.4 is 9.47 Å². The fraction of sp³-hybridized carbons (Fsp3) is 0.467. The first-order valence-corrected chi connectivity index (χ1v) is 6.82. The van der Waals surface area contributed by atoms with Crippen LogP contribution in [0.15, 0.2) is 22.7 Å². The Morgan fingerprint density at radius 3 is 2.57 bits per heavy atom. The minimum absolute atomic E-state index is 0.171. The van der Waals surface area contributed by atoms with Crippen molar-refractivity contribution in [2.75, 3.05) is 7.11 Å². The van der Waals surface area contributed by atoms with Gasteiger partial charge >= 0.3 is 0 Å². The fourth-order valence-electron chi connectivity index (χ4n) is 1.76. The van der Waals surface area contributed by atoms with Gasteiger partial charge in [0.25, 0.3) is 5.89 Å². The molecule has 1 aromatic carbocycles. The largest absolute Gasteiger partial charge is 0.493 e. The molecule has 2 aromatic rings. The van der Waals surface area contributed by atoms with Crippen LogP contribution >= 0.6 is 0 Å². The molecular formula is C15H20N2O4. The third-order valence-corrected chi connectivity index (χ3v) is 3.02. The molecule has 1 N–H and O–H groups in total. The van der Waals surface area contributed by atoms with Crippen LogP contribution in [0.25, 0.3) is 0 Å². The number of benzene rings is 1. The first-order chi connectivity index (χ1) is 10.0. The molecule has 1 aromatic heterocycles. The van der Waals surface area contributed by atoms with Gasteiger partial charge in [0.2, 0.25) is 0 Å². The zero-order valence-corrected chi connectivity index (χ0v) is 12.7. The molecule has 6 nitrogen and oxygen atoms in total. The summed E-state index contributed by atoms with van der Waals surface area (Å²) >= 11 is 0. The highest BCUT2D eigenvalue weighted by atomic mass is 16.5. The van der Waals surface area contributed by atoms with Gasteiger partial charge in [0.1, 0.15) is 0 Å². The van der Waals surface area contributed by atoms with Gasteiger partial charge in [-0.1, -0.05) is 25.1 Å². The third kappa shape index (κ3) is 3.72. The van der Waals surface area contributed by atoms with E-state index in [2.05, 4.69) is 10.1 Å². The van der Waals surface area contributed by atoms with Crippen molar-refractivity contribution in [3.63, 3.8) is 0 Å². The SMILES string of the molecule is COc1cc([C@H](C)O)ccc1OCc1nc(C(C)C)no1. The van der Waals surface area contributed by atoms with Gasteiger partial charge in [-0.15, -0.1) is 0 Å². The monoisotopic (exact) mass is 292 g/mol. The molecule has 0 unspecified atom stereocenters. The van der Waals surface area contributed by atoms with Gasteiger partial charge < -0.3 is 19.1 Å². The van der Waals surface area contributed by atoms with Crippen LogP contribution in [-0.2, 0) is 6.61 Å². The van der Waals surface area contributed by atoms with E-state index in [0.717, 1.165) is 5.56 Å². The van der Waals surface area contributed by atoms with E-state index < -0.39 is 6.10 Å². The van der Waals surface area contributed by atoms with Gasteiger partial charge in [-0.05, 0) is 24.6 Å². The standard InChI is InChI=1S/C15H20N2O4/c1-9(2)15-16-14(21-17-15)8-20-12-6-5-11(10(3)18)7-13(12)19-4/h5-7,9-10,18H,8H2,1-4H3/t10-/m0/s1. The van der Waals surface area contributed by atoms with E-state index in [1.165, 1.54) is 0 Å². The van der Waals surface area contributed by atoms with E-state index in [9.17, 15) is 5.11 Å². The molecule has 1 heterocycles. The maximum absolute atomic E-state index is 9.57. The Morgan fingerprint density at radius 2 is 2.00 bits per heavy atom. The zero-order chi connectivity index (χ0) is 15.4. The molecule has 0 bridgehead atoms. The van der Waals surface area contributed by atoms with E-state index >= 15 is 0 Å². The lowest BCUT2D eigenvalue weighted by Gasteiger charge is -2.12. The topological polar surface area (TPSA) is 77.6 Å². The van der Waals surface area contributed by atoms with Crippen molar-refractivity contribution < 1.29 is 19.1 Å². The van der Waals surface area contributed by atoms with Gasteiger partial charge in [-0.25, -0.2) is 0 Å². The number of ether oxygens (including phenoxy) is 2. The number of aliphatic hydroxyl groups is 1. The summed E-state index contributed by atoms with van der Waals surface area (Å²) in [5.41, 5.74) is 0.763. The Labute approximate surface area is 123 Å². The molecule has 0 aliphatic heterocycles. The van der Waals surface area contributed by atoms with Crippen molar-refractivity contribution in [3.8, 4) is 11.5 Å². The molecule has 114 valence electrons. The van der Waals surface area contributed by atoms with E-state index in [1.807, 2.05) is 13.8 Å². The zero-order valence-electron chi connectivity index (χ0n) is 12.7. The number of rotatable bonds is 6. The molecule has 0 fully saturated rings. The Morgan fingerprint density at radius 1 is 1.24 bits per heavy atom. The highest BCUT2D eigenvalue weighted by molar-refractivity contribution is 5.43. The maximum atomic E-state index is 9.57. The average Bonchev–Trinajstić information content (AvgIpc) is 2.93. The maximum Gasteiger partial charge on any atom is 0.264 e. The number of methoxy groups -OCH3 is 1. The summed E-state index contributed by atoms with van der Waals surface area (Å²) in [6.07, 6.45) is -0.558. The minimum atomic E-state index is -0.558. The predicted octanol–water partition coefficient (Wildman–Crippen LogP) is 2.83. The van der Waals surface area contributed by atoms with Crippen LogP contribution in [0.5, 0.6) is 11.5 Å². The summed E-state index contributed by atoms with van der Waals surface area (Å²) in [6, 6.07) is 5.28. The molecule has 6 heteroatoms. The number of hydrogen-bond donors (Lipinski definition) is 1. The Kier molecular flexibility index (Phi) is 4.80. The first kappa shape index (κ1) is 15.3. The Bertz CT molecular complexity index is 593. The van der Waals surface area contributed by atoms with Crippen molar-refractivity contribution in [2.45, 2.75) is 39.4 Å².